The highest BCUT2D eigenvalue weighted by Gasteiger charge is 2.19. The maximum atomic E-state index is 11.9. The lowest BCUT2D eigenvalue weighted by Gasteiger charge is -2.17. The molecular formula is C14H18N2O2. The number of carbonyl (C=O) groups excluding carboxylic acids is 2. The predicted molar refractivity (Wildman–Crippen MR) is 70.7 cm³/mol. The van der Waals surface area contributed by atoms with Crippen LogP contribution in [-0.2, 0) is 16.1 Å². The summed E-state index contributed by atoms with van der Waals surface area (Å²) >= 11 is 0. The van der Waals surface area contributed by atoms with Crippen LogP contribution in [0.15, 0.2) is 42.5 Å². The Morgan fingerprint density at radius 1 is 1.22 bits per heavy atom. The van der Waals surface area contributed by atoms with Gasteiger partial charge in [-0.3, -0.25) is 9.59 Å². The summed E-state index contributed by atoms with van der Waals surface area (Å²) in [7, 11) is 0. The van der Waals surface area contributed by atoms with Gasteiger partial charge >= 0.3 is 0 Å². The molecule has 0 bridgehead atoms. The third-order valence-corrected chi connectivity index (χ3v) is 2.41. The van der Waals surface area contributed by atoms with E-state index < -0.39 is 6.04 Å². The van der Waals surface area contributed by atoms with E-state index in [0.717, 1.165) is 5.56 Å². The van der Waals surface area contributed by atoms with Crippen molar-refractivity contribution in [2.45, 2.75) is 26.4 Å². The second-order valence-electron chi connectivity index (χ2n) is 4.18. The van der Waals surface area contributed by atoms with Crippen molar-refractivity contribution in [3.63, 3.8) is 0 Å². The average Bonchev–Trinajstić information content (AvgIpc) is 2.34. The van der Waals surface area contributed by atoms with Crippen molar-refractivity contribution in [2.75, 3.05) is 0 Å². The largest absolute Gasteiger partial charge is 0.350 e. The highest BCUT2D eigenvalue weighted by molar-refractivity contribution is 5.89. The van der Waals surface area contributed by atoms with Gasteiger partial charge < -0.3 is 10.6 Å². The molecule has 0 aliphatic carbocycles. The number of hydrogen-bond acceptors (Lipinski definition) is 2. The molecule has 1 aromatic carbocycles. The van der Waals surface area contributed by atoms with Crippen LogP contribution in [0.1, 0.15) is 19.4 Å². The SMILES string of the molecule is C=C(C)C(NC(C)=O)C(=O)NCc1ccccc1. The summed E-state index contributed by atoms with van der Waals surface area (Å²) in [4.78, 5) is 22.9. The molecule has 0 spiro atoms. The molecule has 1 atom stereocenters. The first-order chi connectivity index (χ1) is 8.50. The van der Waals surface area contributed by atoms with E-state index in [4.69, 9.17) is 0 Å². The summed E-state index contributed by atoms with van der Waals surface area (Å²) < 4.78 is 0. The Labute approximate surface area is 107 Å². The quantitative estimate of drug-likeness (QED) is 0.771. The van der Waals surface area contributed by atoms with Crippen LogP contribution in [0.5, 0.6) is 0 Å². The molecule has 1 rings (SSSR count). The van der Waals surface area contributed by atoms with Crippen molar-refractivity contribution in [1.29, 1.82) is 0 Å². The number of rotatable bonds is 5. The Morgan fingerprint density at radius 2 is 1.83 bits per heavy atom. The van der Waals surface area contributed by atoms with Gasteiger partial charge in [-0.2, -0.15) is 0 Å². The Balaban J connectivity index is 2.57. The Kier molecular flexibility index (Phi) is 5.11. The molecule has 18 heavy (non-hydrogen) atoms. The number of benzene rings is 1. The van der Waals surface area contributed by atoms with E-state index in [-0.39, 0.29) is 11.8 Å². The highest BCUT2D eigenvalue weighted by atomic mass is 16.2. The fourth-order valence-electron chi connectivity index (χ4n) is 1.50. The molecule has 0 saturated heterocycles. The fourth-order valence-corrected chi connectivity index (χ4v) is 1.50. The first kappa shape index (κ1) is 14.0. The molecule has 0 radical (unpaired) electrons. The van der Waals surface area contributed by atoms with E-state index in [1.807, 2.05) is 30.3 Å². The van der Waals surface area contributed by atoms with E-state index in [2.05, 4.69) is 17.2 Å². The number of nitrogens with one attached hydrogen (secondary N) is 2. The minimum absolute atomic E-state index is 0.249. The minimum Gasteiger partial charge on any atom is -0.350 e. The first-order valence-corrected chi connectivity index (χ1v) is 5.75. The molecule has 0 saturated carbocycles. The molecule has 2 amide bonds. The van der Waals surface area contributed by atoms with Crippen LogP contribution < -0.4 is 10.6 Å². The zero-order valence-electron chi connectivity index (χ0n) is 10.7. The Hall–Kier alpha value is -2.10. The summed E-state index contributed by atoms with van der Waals surface area (Å²) in [6.07, 6.45) is 0. The van der Waals surface area contributed by atoms with Gasteiger partial charge in [-0.05, 0) is 18.1 Å². The van der Waals surface area contributed by atoms with Crippen molar-refractivity contribution in [2.24, 2.45) is 0 Å². The lowest BCUT2D eigenvalue weighted by molar-refractivity contribution is -0.127. The first-order valence-electron chi connectivity index (χ1n) is 5.75. The molecule has 96 valence electrons. The molecule has 0 aromatic heterocycles. The van der Waals surface area contributed by atoms with Crippen molar-refractivity contribution < 1.29 is 9.59 Å². The van der Waals surface area contributed by atoms with Gasteiger partial charge in [0.15, 0.2) is 0 Å². The van der Waals surface area contributed by atoms with E-state index in [9.17, 15) is 9.59 Å². The molecule has 0 heterocycles. The maximum absolute atomic E-state index is 11.9. The predicted octanol–water partition coefficient (Wildman–Crippen LogP) is 1.38. The van der Waals surface area contributed by atoms with Crippen LogP contribution in [0.25, 0.3) is 0 Å². The maximum Gasteiger partial charge on any atom is 0.247 e. The molecule has 0 aliphatic heterocycles. The zero-order chi connectivity index (χ0) is 13.5. The van der Waals surface area contributed by atoms with E-state index in [0.29, 0.717) is 12.1 Å². The summed E-state index contributed by atoms with van der Waals surface area (Å²) in [6.45, 7) is 7.23. The second kappa shape index (κ2) is 6.59. The van der Waals surface area contributed by atoms with E-state index >= 15 is 0 Å². The van der Waals surface area contributed by atoms with Gasteiger partial charge in [0.25, 0.3) is 0 Å². The minimum atomic E-state index is -0.675. The van der Waals surface area contributed by atoms with Gasteiger partial charge in [0.05, 0.1) is 0 Å². The van der Waals surface area contributed by atoms with Crippen molar-refractivity contribution >= 4 is 11.8 Å². The van der Waals surface area contributed by atoms with Crippen LogP contribution in [0.4, 0.5) is 0 Å². The van der Waals surface area contributed by atoms with Gasteiger partial charge in [-0.15, -0.1) is 0 Å². The third kappa shape index (κ3) is 4.41. The molecule has 1 unspecified atom stereocenters. The average molecular weight is 246 g/mol. The van der Waals surface area contributed by atoms with Crippen LogP contribution in [0.3, 0.4) is 0 Å². The van der Waals surface area contributed by atoms with Crippen LogP contribution in [0.2, 0.25) is 0 Å². The van der Waals surface area contributed by atoms with Crippen molar-refractivity contribution in [3.05, 3.63) is 48.0 Å². The summed E-state index contributed by atoms with van der Waals surface area (Å²) in [6, 6.07) is 8.91. The van der Waals surface area contributed by atoms with Gasteiger partial charge in [-0.25, -0.2) is 0 Å². The number of carbonyl (C=O) groups is 2. The van der Waals surface area contributed by atoms with E-state index in [1.54, 1.807) is 6.92 Å². The fraction of sp³-hybridized carbons (Fsp3) is 0.286. The smallest absolute Gasteiger partial charge is 0.247 e. The summed E-state index contributed by atoms with van der Waals surface area (Å²) in [5.41, 5.74) is 1.62. The lowest BCUT2D eigenvalue weighted by Crippen LogP contribution is -2.46. The Bertz CT molecular complexity index is 440. The monoisotopic (exact) mass is 246 g/mol. The van der Waals surface area contributed by atoms with Crippen LogP contribution >= 0.6 is 0 Å². The number of hydrogen-bond donors (Lipinski definition) is 2. The molecule has 4 nitrogen and oxygen atoms in total. The van der Waals surface area contributed by atoms with Crippen LogP contribution in [0, 0.1) is 0 Å². The molecule has 0 fully saturated rings. The van der Waals surface area contributed by atoms with Gasteiger partial charge in [0.2, 0.25) is 11.8 Å². The highest BCUT2D eigenvalue weighted by Crippen LogP contribution is 2.01. The summed E-state index contributed by atoms with van der Waals surface area (Å²) in [5.74, 6) is -0.501. The molecule has 0 aliphatic rings. The molecule has 1 aromatic rings. The topological polar surface area (TPSA) is 58.2 Å². The van der Waals surface area contributed by atoms with Crippen molar-refractivity contribution in [3.8, 4) is 0 Å². The zero-order valence-corrected chi connectivity index (χ0v) is 10.7. The number of amides is 2. The second-order valence-corrected chi connectivity index (χ2v) is 4.18. The third-order valence-electron chi connectivity index (χ3n) is 2.41. The lowest BCUT2D eigenvalue weighted by atomic mass is 10.1. The molecular weight excluding hydrogens is 228 g/mol. The van der Waals surface area contributed by atoms with Gasteiger partial charge in [0, 0.05) is 13.5 Å². The van der Waals surface area contributed by atoms with Crippen LogP contribution in [-0.4, -0.2) is 17.9 Å². The van der Waals surface area contributed by atoms with Gasteiger partial charge in [0.1, 0.15) is 6.04 Å². The van der Waals surface area contributed by atoms with E-state index in [1.165, 1.54) is 6.92 Å². The standard InChI is InChI=1S/C14H18N2O2/c1-10(2)13(16-11(3)17)14(18)15-9-12-7-5-4-6-8-12/h4-8,13H,1,9H2,2-3H3,(H,15,18)(H,16,17). The van der Waals surface area contributed by atoms with Crippen molar-refractivity contribution in [1.82, 2.24) is 10.6 Å². The normalized spacial score (nSPS) is 11.4. The molecule has 2 N–H and O–H groups in total. The van der Waals surface area contributed by atoms with Gasteiger partial charge in [-0.1, -0.05) is 36.9 Å². The summed E-state index contributed by atoms with van der Waals surface area (Å²) in [5, 5.41) is 5.34. The Morgan fingerprint density at radius 3 is 2.33 bits per heavy atom. The molecule has 4 heteroatoms.